The van der Waals surface area contributed by atoms with E-state index in [1.807, 2.05) is 20.8 Å². The van der Waals surface area contributed by atoms with Crippen LogP contribution in [-0.4, -0.2) is 38.6 Å². The van der Waals surface area contributed by atoms with E-state index in [-0.39, 0.29) is 12.2 Å². The lowest BCUT2D eigenvalue weighted by atomic mass is 10.3. The van der Waals surface area contributed by atoms with Gasteiger partial charge in [0.05, 0.1) is 25.4 Å². The van der Waals surface area contributed by atoms with Gasteiger partial charge < -0.3 is 14.2 Å². The van der Waals surface area contributed by atoms with Crippen LogP contribution in [0, 0.1) is 0 Å². The molecule has 0 N–H and O–H groups in total. The summed E-state index contributed by atoms with van der Waals surface area (Å²) in [5, 5.41) is 0. The monoisotopic (exact) mass is 218 g/mol. The molecule has 0 amide bonds. The van der Waals surface area contributed by atoms with Crippen LogP contribution >= 0.6 is 0 Å². The fourth-order valence-electron chi connectivity index (χ4n) is 1.18. The van der Waals surface area contributed by atoms with Crippen molar-refractivity contribution in [1.29, 1.82) is 0 Å². The lowest BCUT2D eigenvalue weighted by molar-refractivity contribution is -0.0549. The van der Waals surface area contributed by atoms with Crippen LogP contribution in [0.4, 0.5) is 0 Å². The second-order valence-corrected chi connectivity index (χ2v) is 3.84. The molecule has 0 saturated carbocycles. The van der Waals surface area contributed by atoms with Gasteiger partial charge in [0.1, 0.15) is 0 Å². The van der Waals surface area contributed by atoms with Gasteiger partial charge in [-0.05, 0) is 27.2 Å². The first-order valence-electron chi connectivity index (χ1n) is 6.01. The molecular formula is C12H26O3. The van der Waals surface area contributed by atoms with Gasteiger partial charge in [-0.2, -0.15) is 0 Å². The fraction of sp³-hybridized carbons (Fsp3) is 1.00. The molecule has 2 atom stereocenters. The predicted octanol–water partition coefficient (Wildman–Crippen LogP) is 2.63. The molecule has 0 spiro atoms. The van der Waals surface area contributed by atoms with Crippen molar-refractivity contribution in [2.75, 3.05) is 26.4 Å². The number of unbranched alkanes of at least 4 members (excludes halogenated alkanes) is 1. The zero-order valence-electron chi connectivity index (χ0n) is 10.6. The highest BCUT2D eigenvalue weighted by atomic mass is 16.6. The van der Waals surface area contributed by atoms with Crippen LogP contribution in [0.3, 0.4) is 0 Å². The second-order valence-electron chi connectivity index (χ2n) is 3.84. The summed E-state index contributed by atoms with van der Waals surface area (Å²) in [7, 11) is 0. The molecule has 3 heteroatoms. The zero-order chi connectivity index (χ0) is 11.5. The molecule has 0 aromatic heterocycles. The molecule has 3 nitrogen and oxygen atoms in total. The standard InChI is InChI=1S/C12H26O3/c1-5-7-8-13-9-11(3)15-10-12(4)14-6-2/h11-12H,5-10H2,1-4H3. The largest absolute Gasteiger partial charge is 0.379 e. The maximum Gasteiger partial charge on any atom is 0.0781 e. The average molecular weight is 218 g/mol. The Labute approximate surface area is 94.1 Å². The van der Waals surface area contributed by atoms with Crippen molar-refractivity contribution in [3.63, 3.8) is 0 Å². The highest BCUT2D eigenvalue weighted by molar-refractivity contribution is 4.52. The summed E-state index contributed by atoms with van der Waals surface area (Å²) in [6.07, 6.45) is 2.64. The van der Waals surface area contributed by atoms with E-state index in [9.17, 15) is 0 Å². The summed E-state index contributed by atoms with van der Waals surface area (Å²) in [6.45, 7) is 11.1. The Kier molecular flexibility index (Phi) is 10.3. The van der Waals surface area contributed by atoms with Crippen LogP contribution in [0.25, 0.3) is 0 Å². The van der Waals surface area contributed by atoms with E-state index < -0.39 is 0 Å². The van der Waals surface area contributed by atoms with Crippen LogP contribution in [0.1, 0.15) is 40.5 Å². The van der Waals surface area contributed by atoms with E-state index in [4.69, 9.17) is 14.2 Å². The van der Waals surface area contributed by atoms with Gasteiger partial charge in [0.25, 0.3) is 0 Å². The van der Waals surface area contributed by atoms with Crippen molar-refractivity contribution in [2.24, 2.45) is 0 Å². The Hall–Kier alpha value is -0.120. The number of ether oxygens (including phenoxy) is 3. The normalized spacial score (nSPS) is 15.2. The maximum absolute atomic E-state index is 5.59. The summed E-state index contributed by atoms with van der Waals surface area (Å²) in [4.78, 5) is 0. The van der Waals surface area contributed by atoms with Crippen LogP contribution in [0.15, 0.2) is 0 Å². The van der Waals surface area contributed by atoms with Crippen LogP contribution in [0.2, 0.25) is 0 Å². The van der Waals surface area contributed by atoms with Crippen molar-refractivity contribution in [1.82, 2.24) is 0 Å². The van der Waals surface area contributed by atoms with Crippen molar-refractivity contribution in [3.8, 4) is 0 Å². The molecule has 0 rings (SSSR count). The van der Waals surface area contributed by atoms with Gasteiger partial charge >= 0.3 is 0 Å². The molecule has 92 valence electrons. The first-order valence-corrected chi connectivity index (χ1v) is 6.01. The first kappa shape index (κ1) is 14.9. The van der Waals surface area contributed by atoms with Crippen LogP contribution < -0.4 is 0 Å². The summed E-state index contributed by atoms with van der Waals surface area (Å²) in [5.41, 5.74) is 0. The summed E-state index contributed by atoms with van der Waals surface area (Å²) in [6, 6.07) is 0. The molecule has 0 aromatic carbocycles. The van der Waals surface area contributed by atoms with Gasteiger partial charge in [-0.25, -0.2) is 0 Å². The molecule has 2 unspecified atom stereocenters. The molecule has 0 fully saturated rings. The predicted molar refractivity (Wildman–Crippen MR) is 62.2 cm³/mol. The quantitative estimate of drug-likeness (QED) is 0.528. The zero-order valence-corrected chi connectivity index (χ0v) is 10.6. The van der Waals surface area contributed by atoms with Gasteiger partial charge in [0.15, 0.2) is 0 Å². The van der Waals surface area contributed by atoms with E-state index in [2.05, 4.69) is 6.92 Å². The third kappa shape index (κ3) is 10.2. The summed E-state index contributed by atoms with van der Waals surface area (Å²) < 4.78 is 16.4. The van der Waals surface area contributed by atoms with Gasteiger partial charge in [-0.1, -0.05) is 13.3 Å². The third-order valence-electron chi connectivity index (χ3n) is 2.06. The third-order valence-corrected chi connectivity index (χ3v) is 2.06. The van der Waals surface area contributed by atoms with E-state index >= 15 is 0 Å². The van der Waals surface area contributed by atoms with Crippen LogP contribution in [0.5, 0.6) is 0 Å². The van der Waals surface area contributed by atoms with Crippen molar-refractivity contribution in [3.05, 3.63) is 0 Å². The van der Waals surface area contributed by atoms with Gasteiger partial charge in [0, 0.05) is 13.2 Å². The minimum absolute atomic E-state index is 0.157. The number of rotatable bonds is 10. The molecule has 0 aliphatic heterocycles. The van der Waals surface area contributed by atoms with Crippen molar-refractivity contribution < 1.29 is 14.2 Å². The molecule has 15 heavy (non-hydrogen) atoms. The molecule has 0 aliphatic carbocycles. The fourth-order valence-corrected chi connectivity index (χ4v) is 1.18. The van der Waals surface area contributed by atoms with Gasteiger partial charge in [-0.15, -0.1) is 0 Å². The molecule has 0 saturated heterocycles. The number of hydrogen-bond donors (Lipinski definition) is 0. The van der Waals surface area contributed by atoms with Gasteiger partial charge in [-0.3, -0.25) is 0 Å². The number of hydrogen-bond acceptors (Lipinski definition) is 3. The minimum Gasteiger partial charge on any atom is -0.379 e. The van der Waals surface area contributed by atoms with E-state index in [1.54, 1.807) is 0 Å². The molecule has 0 radical (unpaired) electrons. The van der Waals surface area contributed by atoms with Crippen LogP contribution in [-0.2, 0) is 14.2 Å². The second kappa shape index (κ2) is 10.4. The van der Waals surface area contributed by atoms with E-state index in [0.717, 1.165) is 19.6 Å². The SMILES string of the molecule is CCCCOCC(C)OCC(C)OCC. The topological polar surface area (TPSA) is 27.7 Å². The Morgan fingerprint density at radius 3 is 2.20 bits per heavy atom. The lowest BCUT2D eigenvalue weighted by Gasteiger charge is -2.17. The Balaban J connectivity index is 3.28. The molecule has 0 aliphatic rings. The first-order chi connectivity index (χ1) is 7.20. The van der Waals surface area contributed by atoms with E-state index in [1.165, 1.54) is 6.42 Å². The molecule has 0 heterocycles. The summed E-state index contributed by atoms with van der Waals surface area (Å²) >= 11 is 0. The maximum atomic E-state index is 5.59. The van der Waals surface area contributed by atoms with Gasteiger partial charge in [0.2, 0.25) is 0 Å². The van der Waals surface area contributed by atoms with Crippen molar-refractivity contribution in [2.45, 2.75) is 52.7 Å². The Bertz CT molecular complexity index is 128. The lowest BCUT2D eigenvalue weighted by Crippen LogP contribution is -2.23. The smallest absolute Gasteiger partial charge is 0.0781 e. The van der Waals surface area contributed by atoms with E-state index in [0.29, 0.717) is 13.2 Å². The molecule has 0 bridgehead atoms. The summed E-state index contributed by atoms with van der Waals surface area (Å²) in [5.74, 6) is 0. The highest BCUT2D eigenvalue weighted by Gasteiger charge is 2.06. The average Bonchev–Trinajstić information content (AvgIpc) is 2.22. The Morgan fingerprint density at radius 1 is 0.933 bits per heavy atom. The molecule has 0 aromatic rings. The minimum atomic E-state index is 0.157. The highest BCUT2D eigenvalue weighted by Crippen LogP contribution is 1.98. The van der Waals surface area contributed by atoms with Crippen molar-refractivity contribution >= 4 is 0 Å². The Morgan fingerprint density at radius 2 is 1.60 bits per heavy atom. The molecular weight excluding hydrogens is 192 g/mol.